The molecule has 1 N–H and O–H groups in total. The average Bonchev–Trinajstić information content (AvgIpc) is 2.43. The van der Waals surface area contributed by atoms with E-state index in [0.717, 1.165) is 36.4 Å². The van der Waals surface area contributed by atoms with E-state index in [-0.39, 0.29) is 15.6 Å². The number of halogens is 6. The Morgan fingerprint density at radius 2 is 1.52 bits per heavy atom. The molecule has 1 atom stereocenters. The summed E-state index contributed by atoms with van der Waals surface area (Å²) in [6.45, 7) is 0. The third-order valence-electron chi connectivity index (χ3n) is 2.91. The monoisotopic (exact) mass is 366 g/mol. The molecule has 0 aromatic heterocycles. The van der Waals surface area contributed by atoms with Gasteiger partial charge in [0.2, 0.25) is 0 Å². The number of benzene rings is 2. The van der Waals surface area contributed by atoms with Crippen LogP contribution in [0.4, 0.5) is 22.0 Å². The largest absolute Gasteiger partial charge is 0.416 e. The summed E-state index contributed by atoms with van der Waals surface area (Å²) < 4.78 is 63.5. The van der Waals surface area contributed by atoms with Crippen LogP contribution in [0.1, 0.15) is 22.8 Å². The maximum Gasteiger partial charge on any atom is 0.416 e. The topological polar surface area (TPSA) is 20.2 Å². The summed E-state index contributed by atoms with van der Waals surface area (Å²) in [5.74, 6) is -2.26. The van der Waals surface area contributed by atoms with Crippen molar-refractivity contribution in [2.24, 2.45) is 0 Å². The highest BCUT2D eigenvalue weighted by Crippen LogP contribution is 2.34. The van der Waals surface area contributed by atoms with Crippen molar-refractivity contribution in [2.75, 3.05) is 0 Å². The van der Waals surface area contributed by atoms with Crippen LogP contribution in [0.25, 0.3) is 0 Å². The molecule has 0 saturated heterocycles. The minimum Gasteiger partial charge on any atom is -0.384 e. The van der Waals surface area contributed by atoms with Gasteiger partial charge in [0.05, 0.1) is 10.0 Å². The van der Waals surface area contributed by atoms with Crippen molar-refractivity contribution in [1.29, 1.82) is 0 Å². The summed E-state index contributed by atoms with van der Waals surface area (Å²) >= 11 is 2.82. The van der Waals surface area contributed by atoms with Crippen LogP contribution in [0, 0.1) is 11.6 Å². The second-order valence-electron chi connectivity index (χ2n) is 4.29. The van der Waals surface area contributed by atoms with Crippen molar-refractivity contribution in [2.45, 2.75) is 12.3 Å². The zero-order valence-corrected chi connectivity index (χ0v) is 11.8. The van der Waals surface area contributed by atoms with Gasteiger partial charge in [-0.1, -0.05) is 18.2 Å². The van der Waals surface area contributed by atoms with Crippen LogP contribution in [0.5, 0.6) is 0 Å². The Labute approximate surface area is 125 Å². The zero-order valence-electron chi connectivity index (χ0n) is 10.3. The Hall–Kier alpha value is -1.47. The van der Waals surface area contributed by atoms with Crippen molar-refractivity contribution >= 4 is 15.9 Å². The molecule has 0 radical (unpaired) electrons. The molecule has 0 aliphatic rings. The van der Waals surface area contributed by atoms with E-state index >= 15 is 0 Å². The molecular formula is C14H8BrF5O. The van der Waals surface area contributed by atoms with Gasteiger partial charge in [-0.2, -0.15) is 13.2 Å². The molecule has 1 unspecified atom stereocenters. The normalized spacial score (nSPS) is 13.3. The zero-order chi connectivity index (χ0) is 15.8. The number of hydrogen-bond acceptors (Lipinski definition) is 1. The SMILES string of the molecule is OC(c1ccc(C(F)(F)F)cc1)c1ccc(F)c(F)c1Br. The van der Waals surface area contributed by atoms with E-state index in [1.54, 1.807) is 0 Å². The third-order valence-corrected chi connectivity index (χ3v) is 3.72. The maximum atomic E-state index is 13.4. The number of hydrogen-bond donors (Lipinski definition) is 1. The van der Waals surface area contributed by atoms with E-state index in [1.807, 2.05) is 0 Å². The molecule has 0 bridgehead atoms. The molecule has 0 heterocycles. The standard InChI is InChI=1S/C14H8BrF5O/c15-11-9(5-6-10(16)12(11)17)13(21)7-1-3-8(4-2-7)14(18,19)20/h1-6,13,21H. The van der Waals surface area contributed by atoms with E-state index < -0.39 is 29.5 Å². The Morgan fingerprint density at radius 3 is 2.05 bits per heavy atom. The van der Waals surface area contributed by atoms with Crippen molar-refractivity contribution in [3.05, 3.63) is 69.2 Å². The summed E-state index contributed by atoms with van der Waals surface area (Å²) in [6, 6.07) is 5.79. The van der Waals surface area contributed by atoms with Crippen LogP contribution in [0.15, 0.2) is 40.9 Å². The molecule has 21 heavy (non-hydrogen) atoms. The van der Waals surface area contributed by atoms with Gasteiger partial charge in [0, 0.05) is 5.56 Å². The molecule has 0 amide bonds. The molecule has 7 heteroatoms. The second-order valence-corrected chi connectivity index (χ2v) is 5.08. The minimum absolute atomic E-state index is 0.0219. The predicted octanol–water partition coefficient (Wildman–Crippen LogP) is 4.83. The van der Waals surface area contributed by atoms with Crippen LogP contribution in [-0.2, 0) is 6.18 Å². The van der Waals surface area contributed by atoms with Gasteiger partial charge in [0.1, 0.15) is 6.10 Å². The predicted molar refractivity (Wildman–Crippen MR) is 69.6 cm³/mol. The van der Waals surface area contributed by atoms with Crippen molar-refractivity contribution < 1.29 is 27.1 Å². The lowest BCUT2D eigenvalue weighted by Crippen LogP contribution is -2.07. The molecule has 2 aromatic carbocycles. The molecule has 0 fully saturated rings. The smallest absolute Gasteiger partial charge is 0.384 e. The Balaban J connectivity index is 2.37. The van der Waals surface area contributed by atoms with Gasteiger partial charge in [0.15, 0.2) is 11.6 Å². The fourth-order valence-electron chi connectivity index (χ4n) is 1.79. The highest BCUT2D eigenvalue weighted by atomic mass is 79.9. The molecule has 1 nitrogen and oxygen atoms in total. The Bertz CT molecular complexity index is 652. The number of aliphatic hydroxyl groups excluding tert-OH is 1. The first kappa shape index (κ1) is 15.9. The molecule has 2 rings (SSSR count). The molecular weight excluding hydrogens is 359 g/mol. The lowest BCUT2D eigenvalue weighted by molar-refractivity contribution is -0.137. The summed E-state index contributed by atoms with van der Waals surface area (Å²) in [4.78, 5) is 0. The maximum absolute atomic E-state index is 13.4. The number of aliphatic hydroxyl groups is 1. The lowest BCUT2D eigenvalue weighted by atomic mass is 10.00. The van der Waals surface area contributed by atoms with Crippen molar-refractivity contribution in [3.8, 4) is 0 Å². The first-order valence-electron chi connectivity index (χ1n) is 5.70. The lowest BCUT2D eigenvalue weighted by Gasteiger charge is -2.15. The van der Waals surface area contributed by atoms with Crippen molar-refractivity contribution in [1.82, 2.24) is 0 Å². The minimum atomic E-state index is -4.48. The Kier molecular flexibility index (Phi) is 4.34. The summed E-state index contributed by atoms with van der Waals surface area (Å²) in [5.41, 5.74) is -0.703. The summed E-state index contributed by atoms with van der Waals surface area (Å²) in [5, 5.41) is 10.1. The van der Waals surface area contributed by atoms with Gasteiger partial charge >= 0.3 is 6.18 Å². The van der Waals surface area contributed by atoms with E-state index in [1.165, 1.54) is 0 Å². The van der Waals surface area contributed by atoms with Crippen LogP contribution in [0.3, 0.4) is 0 Å². The van der Waals surface area contributed by atoms with Gasteiger partial charge in [-0.3, -0.25) is 0 Å². The molecule has 0 saturated carbocycles. The van der Waals surface area contributed by atoms with Gasteiger partial charge in [0.25, 0.3) is 0 Å². The van der Waals surface area contributed by atoms with E-state index in [4.69, 9.17) is 0 Å². The van der Waals surface area contributed by atoms with Gasteiger partial charge in [-0.15, -0.1) is 0 Å². The highest BCUT2D eigenvalue weighted by molar-refractivity contribution is 9.10. The molecule has 0 aliphatic carbocycles. The van der Waals surface area contributed by atoms with Crippen LogP contribution in [0.2, 0.25) is 0 Å². The summed E-state index contributed by atoms with van der Waals surface area (Å²) in [7, 11) is 0. The van der Waals surface area contributed by atoms with Crippen LogP contribution < -0.4 is 0 Å². The summed E-state index contributed by atoms with van der Waals surface area (Å²) in [6.07, 6.45) is -5.86. The second kappa shape index (κ2) is 5.73. The van der Waals surface area contributed by atoms with E-state index in [0.29, 0.717) is 0 Å². The van der Waals surface area contributed by atoms with Gasteiger partial charge in [-0.05, 0) is 39.7 Å². The molecule has 2 aromatic rings. The molecule has 112 valence electrons. The van der Waals surface area contributed by atoms with E-state index in [2.05, 4.69) is 15.9 Å². The molecule has 0 aliphatic heterocycles. The Morgan fingerprint density at radius 1 is 0.952 bits per heavy atom. The number of alkyl halides is 3. The van der Waals surface area contributed by atoms with Crippen molar-refractivity contribution in [3.63, 3.8) is 0 Å². The fraction of sp³-hybridized carbons (Fsp3) is 0.143. The first-order chi connectivity index (χ1) is 9.71. The van der Waals surface area contributed by atoms with Crippen LogP contribution in [-0.4, -0.2) is 5.11 Å². The van der Waals surface area contributed by atoms with Gasteiger partial charge < -0.3 is 5.11 Å². The average molecular weight is 367 g/mol. The van der Waals surface area contributed by atoms with Crippen LogP contribution >= 0.6 is 15.9 Å². The fourth-order valence-corrected chi connectivity index (χ4v) is 2.32. The quantitative estimate of drug-likeness (QED) is 0.596. The van der Waals surface area contributed by atoms with Gasteiger partial charge in [-0.25, -0.2) is 8.78 Å². The van der Waals surface area contributed by atoms with E-state index in [9.17, 15) is 27.1 Å². The first-order valence-corrected chi connectivity index (χ1v) is 6.49. The third kappa shape index (κ3) is 3.24. The highest BCUT2D eigenvalue weighted by Gasteiger charge is 2.30. The molecule has 0 spiro atoms. The number of rotatable bonds is 2.